The quantitative estimate of drug-likeness (QED) is 0.400. The van der Waals surface area contributed by atoms with Gasteiger partial charge in [0.05, 0.1) is 17.6 Å². The van der Waals surface area contributed by atoms with E-state index in [1.165, 1.54) is 5.56 Å². The molecule has 0 aliphatic rings. The maximum Gasteiger partial charge on any atom is 0.270 e. The number of benzene rings is 1. The molecule has 0 amide bonds. The Labute approximate surface area is 168 Å². The maximum atomic E-state index is 12.7. The van der Waals surface area contributed by atoms with Crippen LogP contribution in [0.4, 0.5) is 5.95 Å². The van der Waals surface area contributed by atoms with E-state index in [1.54, 1.807) is 17.0 Å². The lowest BCUT2D eigenvalue weighted by atomic mass is 10.1. The molecule has 0 fully saturated rings. The van der Waals surface area contributed by atoms with Crippen LogP contribution >= 0.6 is 0 Å². The smallest absolute Gasteiger partial charge is 0.270 e. The summed E-state index contributed by atoms with van der Waals surface area (Å²) in [5.41, 5.74) is 3.93. The lowest BCUT2D eigenvalue weighted by Gasteiger charge is -2.10. The zero-order valence-corrected chi connectivity index (χ0v) is 16.7. The van der Waals surface area contributed by atoms with E-state index in [1.807, 2.05) is 12.1 Å². The van der Waals surface area contributed by atoms with Crippen molar-refractivity contribution in [2.24, 2.45) is 0 Å². The zero-order chi connectivity index (χ0) is 20.2. The van der Waals surface area contributed by atoms with Crippen molar-refractivity contribution in [3.63, 3.8) is 0 Å². The van der Waals surface area contributed by atoms with Gasteiger partial charge in [0.25, 0.3) is 5.56 Å². The Bertz CT molecular complexity index is 1140. The van der Waals surface area contributed by atoms with Gasteiger partial charge >= 0.3 is 0 Å². The zero-order valence-electron chi connectivity index (χ0n) is 16.7. The van der Waals surface area contributed by atoms with E-state index in [2.05, 4.69) is 46.4 Å². The van der Waals surface area contributed by atoms with Gasteiger partial charge in [-0.15, -0.1) is 0 Å². The summed E-state index contributed by atoms with van der Waals surface area (Å²) in [6, 6.07) is 8.22. The van der Waals surface area contributed by atoms with Crippen molar-refractivity contribution in [3.8, 4) is 11.4 Å². The highest BCUT2D eigenvalue weighted by Crippen LogP contribution is 2.21. The van der Waals surface area contributed by atoms with Gasteiger partial charge in [0.2, 0.25) is 5.95 Å². The molecule has 0 spiro atoms. The first-order chi connectivity index (χ1) is 14.2. The number of aromatic nitrogens is 6. The number of hydrogen-bond acceptors (Lipinski definition) is 5. The van der Waals surface area contributed by atoms with Crippen molar-refractivity contribution < 1.29 is 0 Å². The summed E-state index contributed by atoms with van der Waals surface area (Å²) in [5.74, 6) is 1.18. The average Bonchev–Trinajstić information content (AvgIpc) is 3.37. The van der Waals surface area contributed by atoms with Crippen LogP contribution in [0.25, 0.3) is 17.0 Å². The molecular formula is C21H25N7O. The second-order valence-electron chi connectivity index (χ2n) is 7.02. The van der Waals surface area contributed by atoms with Crippen molar-refractivity contribution >= 4 is 11.6 Å². The minimum atomic E-state index is -0.181. The first-order valence-electron chi connectivity index (χ1n) is 10.0. The number of fused-ring (bicyclic) bond motifs is 1. The van der Waals surface area contributed by atoms with Gasteiger partial charge in [-0.3, -0.25) is 9.89 Å². The first kappa shape index (κ1) is 18.9. The van der Waals surface area contributed by atoms with Gasteiger partial charge < -0.3 is 10.3 Å². The highest BCUT2D eigenvalue weighted by molar-refractivity contribution is 5.62. The van der Waals surface area contributed by atoms with E-state index in [0.717, 1.165) is 37.1 Å². The minimum absolute atomic E-state index is 0.181. The molecule has 8 heteroatoms. The molecule has 3 N–H and O–H groups in total. The molecule has 0 aliphatic heterocycles. The molecule has 4 aromatic rings. The Balaban J connectivity index is 1.83. The van der Waals surface area contributed by atoms with Gasteiger partial charge in [-0.25, -0.2) is 14.5 Å². The number of nitrogens with one attached hydrogen (secondary N) is 3. The number of rotatable bonds is 8. The minimum Gasteiger partial charge on any atom is -0.354 e. The molecular weight excluding hydrogens is 366 g/mol. The average molecular weight is 391 g/mol. The summed E-state index contributed by atoms with van der Waals surface area (Å²) in [7, 11) is 0. The number of nitrogens with zero attached hydrogens (tertiary/aromatic N) is 4. The largest absolute Gasteiger partial charge is 0.354 e. The highest BCUT2D eigenvalue weighted by Gasteiger charge is 2.17. The molecule has 0 saturated carbocycles. The number of imidazole rings is 1. The summed E-state index contributed by atoms with van der Waals surface area (Å²) in [5, 5.41) is 6.21. The van der Waals surface area contributed by atoms with E-state index in [4.69, 9.17) is 9.97 Å². The van der Waals surface area contributed by atoms with Gasteiger partial charge in [0.1, 0.15) is 0 Å². The molecule has 150 valence electrons. The molecule has 0 unspecified atom stereocenters. The summed E-state index contributed by atoms with van der Waals surface area (Å²) in [6.45, 7) is 5.03. The van der Waals surface area contributed by atoms with Gasteiger partial charge in [-0.1, -0.05) is 44.5 Å². The Morgan fingerprint density at radius 1 is 1.14 bits per heavy atom. The van der Waals surface area contributed by atoms with Crippen molar-refractivity contribution in [2.75, 3.05) is 11.9 Å². The number of hydrogen-bond donors (Lipinski definition) is 3. The molecule has 0 radical (unpaired) electrons. The monoisotopic (exact) mass is 391 g/mol. The van der Waals surface area contributed by atoms with Crippen molar-refractivity contribution in [1.82, 2.24) is 29.5 Å². The first-order valence-corrected chi connectivity index (χ1v) is 10.0. The molecule has 1 aromatic carbocycles. The number of anilines is 1. The molecule has 0 aliphatic carbocycles. The van der Waals surface area contributed by atoms with Crippen LogP contribution in [0, 0.1) is 0 Å². The van der Waals surface area contributed by atoms with E-state index in [9.17, 15) is 4.79 Å². The van der Waals surface area contributed by atoms with Crippen LogP contribution in [0.1, 0.15) is 43.5 Å². The van der Waals surface area contributed by atoms with Gasteiger partial charge in [0.15, 0.2) is 11.5 Å². The predicted octanol–water partition coefficient (Wildman–Crippen LogP) is 3.17. The SMILES string of the molecule is CCCCNc1nc(-c2ccc(CC)cc2)nc2c(Cc3c[nH]cn3)c(=O)[nH]n12. The molecule has 3 heterocycles. The van der Waals surface area contributed by atoms with Crippen LogP contribution in [-0.4, -0.2) is 36.1 Å². The summed E-state index contributed by atoms with van der Waals surface area (Å²) >= 11 is 0. The van der Waals surface area contributed by atoms with E-state index >= 15 is 0 Å². The maximum absolute atomic E-state index is 12.7. The normalized spacial score (nSPS) is 11.2. The molecule has 0 saturated heterocycles. The fraction of sp³-hybridized carbons (Fsp3) is 0.333. The van der Waals surface area contributed by atoms with E-state index in [-0.39, 0.29) is 5.56 Å². The van der Waals surface area contributed by atoms with Gasteiger partial charge in [0, 0.05) is 24.7 Å². The van der Waals surface area contributed by atoms with Gasteiger partial charge in [-0.05, 0) is 18.4 Å². The highest BCUT2D eigenvalue weighted by atomic mass is 16.1. The molecule has 8 nitrogen and oxygen atoms in total. The molecule has 3 aromatic heterocycles. The summed E-state index contributed by atoms with van der Waals surface area (Å²) < 4.78 is 1.64. The van der Waals surface area contributed by atoms with Crippen molar-refractivity contribution in [1.29, 1.82) is 0 Å². The third kappa shape index (κ3) is 3.91. The molecule has 0 bridgehead atoms. The predicted molar refractivity (Wildman–Crippen MR) is 113 cm³/mol. The number of aryl methyl sites for hydroxylation is 1. The van der Waals surface area contributed by atoms with E-state index < -0.39 is 0 Å². The Hall–Kier alpha value is -3.42. The third-order valence-electron chi connectivity index (χ3n) is 4.95. The fourth-order valence-electron chi connectivity index (χ4n) is 3.25. The fourth-order valence-corrected chi connectivity index (χ4v) is 3.25. The summed E-state index contributed by atoms with van der Waals surface area (Å²) in [6.07, 6.45) is 6.85. The van der Waals surface area contributed by atoms with Crippen molar-refractivity contribution in [2.45, 2.75) is 39.5 Å². The van der Waals surface area contributed by atoms with Crippen molar-refractivity contribution in [3.05, 3.63) is 64.0 Å². The Morgan fingerprint density at radius 3 is 2.66 bits per heavy atom. The third-order valence-corrected chi connectivity index (χ3v) is 4.95. The lowest BCUT2D eigenvalue weighted by Crippen LogP contribution is -2.11. The van der Waals surface area contributed by atoms with Crippen LogP contribution in [0.2, 0.25) is 0 Å². The number of unbranched alkanes of at least 4 members (excludes halogenated alkanes) is 1. The standard InChI is InChI=1S/C21H25N7O/c1-3-5-10-23-21-26-18(15-8-6-14(4-2)7-9-15)25-19-17(20(29)27-28(19)21)11-16-12-22-13-24-16/h6-9,12-13H,3-5,10-11H2,1-2H3,(H,22,24)(H,27,29)(H,23,25,26). The molecule has 0 atom stereocenters. The molecule has 4 rings (SSSR count). The topological polar surface area (TPSA) is 104 Å². The van der Waals surface area contributed by atoms with Crippen LogP contribution in [0.5, 0.6) is 0 Å². The van der Waals surface area contributed by atoms with E-state index in [0.29, 0.717) is 29.4 Å². The van der Waals surface area contributed by atoms with Gasteiger partial charge in [-0.2, -0.15) is 4.98 Å². The van der Waals surface area contributed by atoms with Crippen LogP contribution in [-0.2, 0) is 12.8 Å². The Morgan fingerprint density at radius 2 is 1.97 bits per heavy atom. The van der Waals surface area contributed by atoms with Crippen LogP contribution < -0.4 is 10.9 Å². The Kier molecular flexibility index (Phi) is 5.41. The summed E-state index contributed by atoms with van der Waals surface area (Å²) in [4.78, 5) is 29.3. The second kappa shape index (κ2) is 8.30. The number of aromatic amines is 2. The van der Waals surface area contributed by atoms with Crippen LogP contribution in [0.3, 0.4) is 0 Å². The van der Waals surface area contributed by atoms with Crippen LogP contribution in [0.15, 0.2) is 41.6 Å². The number of H-pyrrole nitrogens is 2. The second-order valence-corrected chi connectivity index (χ2v) is 7.02. The molecule has 29 heavy (non-hydrogen) atoms. The lowest BCUT2D eigenvalue weighted by molar-refractivity contribution is 0.806.